The lowest BCUT2D eigenvalue weighted by Crippen LogP contribution is -2.48. The van der Waals surface area contributed by atoms with Crippen molar-refractivity contribution in [3.63, 3.8) is 0 Å². The lowest BCUT2D eigenvalue weighted by Gasteiger charge is -2.36. The SMILES string of the molecule is CC(C)N1CCN(CC#CCOC2CCN(c3ncncc3F)CC2)CC1. The Morgan fingerprint density at radius 2 is 1.89 bits per heavy atom. The van der Waals surface area contributed by atoms with Crippen LogP contribution >= 0.6 is 0 Å². The summed E-state index contributed by atoms with van der Waals surface area (Å²) in [5.74, 6) is 6.41. The van der Waals surface area contributed by atoms with Gasteiger partial charge in [-0.05, 0) is 26.7 Å². The van der Waals surface area contributed by atoms with E-state index in [2.05, 4.69) is 45.5 Å². The summed E-state index contributed by atoms with van der Waals surface area (Å²) in [6, 6.07) is 0.629. The molecule has 1 aromatic rings. The van der Waals surface area contributed by atoms with Crippen molar-refractivity contribution in [1.82, 2.24) is 19.8 Å². The third-order valence-electron chi connectivity index (χ3n) is 5.35. The van der Waals surface area contributed by atoms with Crippen LogP contribution in [0.2, 0.25) is 0 Å². The summed E-state index contributed by atoms with van der Waals surface area (Å²) in [5.41, 5.74) is 0. The fraction of sp³-hybridized carbons (Fsp3) is 0.700. The predicted octanol–water partition coefficient (Wildman–Crippen LogP) is 1.63. The molecule has 0 N–H and O–H groups in total. The minimum Gasteiger partial charge on any atom is -0.365 e. The Kier molecular flexibility index (Phi) is 7.39. The molecule has 148 valence electrons. The van der Waals surface area contributed by atoms with Crippen molar-refractivity contribution >= 4 is 5.82 Å². The Bertz CT molecular complexity index is 643. The van der Waals surface area contributed by atoms with Gasteiger partial charge in [-0.25, -0.2) is 14.4 Å². The molecule has 3 heterocycles. The van der Waals surface area contributed by atoms with Gasteiger partial charge >= 0.3 is 0 Å². The van der Waals surface area contributed by atoms with Gasteiger partial charge in [-0.3, -0.25) is 9.80 Å². The Morgan fingerprint density at radius 1 is 1.15 bits per heavy atom. The van der Waals surface area contributed by atoms with Crippen LogP contribution in [0.4, 0.5) is 10.2 Å². The van der Waals surface area contributed by atoms with E-state index in [0.29, 0.717) is 18.5 Å². The average Bonchev–Trinajstić information content (AvgIpc) is 2.69. The molecule has 2 aliphatic heterocycles. The Hall–Kier alpha value is -1.75. The van der Waals surface area contributed by atoms with E-state index in [0.717, 1.165) is 58.7 Å². The zero-order valence-electron chi connectivity index (χ0n) is 16.4. The number of anilines is 1. The molecule has 6 nitrogen and oxygen atoms in total. The largest absolute Gasteiger partial charge is 0.365 e. The topological polar surface area (TPSA) is 44.7 Å². The zero-order chi connectivity index (χ0) is 19.1. The van der Waals surface area contributed by atoms with E-state index in [-0.39, 0.29) is 11.9 Å². The third kappa shape index (κ3) is 5.86. The fourth-order valence-electron chi connectivity index (χ4n) is 3.59. The van der Waals surface area contributed by atoms with Gasteiger partial charge in [-0.1, -0.05) is 11.8 Å². The van der Waals surface area contributed by atoms with E-state index in [1.54, 1.807) is 0 Å². The van der Waals surface area contributed by atoms with E-state index < -0.39 is 0 Å². The fourth-order valence-corrected chi connectivity index (χ4v) is 3.59. The first-order chi connectivity index (χ1) is 13.1. The number of piperazine rings is 1. The summed E-state index contributed by atoms with van der Waals surface area (Å²) in [5, 5.41) is 0. The van der Waals surface area contributed by atoms with E-state index in [4.69, 9.17) is 4.74 Å². The summed E-state index contributed by atoms with van der Waals surface area (Å²) in [6.07, 6.45) is 4.52. The normalized spacial score (nSPS) is 19.9. The van der Waals surface area contributed by atoms with Crippen LogP contribution in [0.5, 0.6) is 0 Å². The molecule has 0 saturated carbocycles. The number of hydrogen-bond donors (Lipinski definition) is 0. The van der Waals surface area contributed by atoms with Crippen LogP contribution < -0.4 is 4.90 Å². The van der Waals surface area contributed by atoms with E-state index in [9.17, 15) is 4.39 Å². The van der Waals surface area contributed by atoms with Crippen LogP contribution in [-0.2, 0) is 4.74 Å². The van der Waals surface area contributed by atoms with Crippen molar-refractivity contribution in [2.75, 3.05) is 57.3 Å². The second kappa shape index (κ2) is 9.98. The van der Waals surface area contributed by atoms with E-state index in [1.165, 1.54) is 12.5 Å². The number of rotatable bonds is 5. The third-order valence-corrected chi connectivity index (χ3v) is 5.35. The first-order valence-electron chi connectivity index (χ1n) is 9.87. The van der Waals surface area contributed by atoms with Gasteiger partial charge in [0.15, 0.2) is 11.6 Å². The lowest BCUT2D eigenvalue weighted by molar-refractivity contribution is 0.0592. The highest BCUT2D eigenvalue weighted by Crippen LogP contribution is 2.21. The first kappa shape index (κ1) is 20.0. The maximum Gasteiger partial charge on any atom is 0.183 e. The van der Waals surface area contributed by atoms with Crippen molar-refractivity contribution in [2.45, 2.75) is 38.8 Å². The van der Waals surface area contributed by atoms with Crippen molar-refractivity contribution in [3.05, 3.63) is 18.3 Å². The van der Waals surface area contributed by atoms with Crippen LogP contribution in [-0.4, -0.2) is 84.3 Å². The molecule has 0 radical (unpaired) electrons. The molecule has 0 aliphatic carbocycles. The summed E-state index contributed by atoms with van der Waals surface area (Å²) in [6.45, 7) is 11.7. The second-order valence-corrected chi connectivity index (χ2v) is 7.45. The van der Waals surface area contributed by atoms with Crippen molar-refractivity contribution in [1.29, 1.82) is 0 Å². The standard InChI is InChI=1S/C20H30FN5O/c1-17(2)25-12-10-24(11-13-25)7-3-4-14-27-18-5-8-26(9-6-18)20-19(21)15-22-16-23-20/h15-18H,5-14H2,1-2H3. The number of ether oxygens (including phenoxy) is 1. The molecule has 0 aromatic carbocycles. The van der Waals surface area contributed by atoms with E-state index >= 15 is 0 Å². The molecule has 0 bridgehead atoms. The maximum absolute atomic E-state index is 13.8. The highest BCUT2D eigenvalue weighted by Gasteiger charge is 2.22. The smallest absolute Gasteiger partial charge is 0.183 e. The minimum atomic E-state index is -0.364. The lowest BCUT2D eigenvalue weighted by atomic mass is 10.1. The molecule has 0 atom stereocenters. The summed E-state index contributed by atoms with van der Waals surface area (Å²) < 4.78 is 19.6. The number of piperidine rings is 1. The van der Waals surface area contributed by atoms with E-state index in [1.807, 2.05) is 4.90 Å². The van der Waals surface area contributed by atoms with Gasteiger partial charge in [0.1, 0.15) is 12.9 Å². The molecule has 1 aromatic heterocycles. The second-order valence-electron chi connectivity index (χ2n) is 7.45. The van der Waals surface area contributed by atoms with Gasteiger partial charge in [-0.15, -0.1) is 0 Å². The Morgan fingerprint density at radius 3 is 2.56 bits per heavy atom. The van der Waals surface area contributed by atoms with Crippen LogP contribution in [0.25, 0.3) is 0 Å². The predicted molar refractivity (Wildman–Crippen MR) is 104 cm³/mol. The van der Waals surface area contributed by atoms with Gasteiger partial charge in [0, 0.05) is 45.3 Å². The quantitative estimate of drug-likeness (QED) is 0.729. The number of hydrogen-bond acceptors (Lipinski definition) is 6. The molecule has 2 saturated heterocycles. The molecule has 0 unspecified atom stereocenters. The molecule has 0 spiro atoms. The molecule has 3 rings (SSSR count). The summed E-state index contributed by atoms with van der Waals surface area (Å²) in [4.78, 5) is 14.6. The molecule has 0 amide bonds. The zero-order valence-corrected chi connectivity index (χ0v) is 16.4. The highest BCUT2D eigenvalue weighted by atomic mass is 19.1. The highest BCUT2D eigenvalue weighted by molar-refractivity contribution is 5.38. The summed E-state index contributed by atoms with van der Waals surface area (Å²) >= 11 is 0. The maximum atomic E-state index is 13.8. The molecular weight excluding hydrogens is 345 g/mol. The molecule has 2 aliphatic rings. The van der Waals surface area contributed by atoms with Crippen LogP contribution in [0.3, 0.4) is 0 Å². The van der Waals surface area contributed by atoms with Crippen molar-refractivity contribution in [2.24, 2.45) is 0 Å². The van der Waals surface area contributed by atoms with Gasteiger partial charge < -0.3 is 9.64 Å². The minimum absolute atomic E-state index is 0.190. The number of halogens is 1. The van der Waals surface area contributed by atoms with Gasteiger partial charge in [0.05, 0.1) is 18.8 Å². The molecule has 2 fully saturated rings. The Balaban J connectivity index is 1.31. The molecular formula is C20H30FN5O. The summed E-state index contributed by atoms with van der Waals surface area (Å²) in [7, 11) is 0. The number of aromatic nitrogens is 2. The van der Waals surface area contributed by atoms with Crippen molar-refractivity contribution < 1.29 is 9.13 Å². The van der Waals surface area contributed by atoms with Crippen LogP contribution in [0.15, 0.2) is 12.5 Å². The van der Waals surface area contributed by atoms with Gasteiger partial charge in [0.2, 0.25) is 0 Å². The monoisotopic (exact) mass is 375 g/mol. The first-order valence-corrected chi connectivity index (χ1v) is 9.87. The van der Waals surface area contributed by atoms with Crippen molar-refractivity contribution in [3.8, 4) is 11.8 Å². The van der Waals surface area contributed by atoms with Gasteiger partial charge in [0.25, 0.3) is 0 Å². The molecule has 27 heavy (non-hydrogen) atoms. The molecule has 7 heteroatoms. The average molecular weight is 375 g/mol. The van der Waals surface area contributed by atoms with Crippen LogP contribution in [0.1, 0.15) is 26.7 Å². The van der Waals surface area contributed by atoms with Gasteiger partial charge in [-0.2, -0.15) is 0 Å². The van der Waals surface area contributed by atoms with Crippen LogP contribution in [0, 0.1) is 17.7 Å². The number of nitrogens with zero attached hydrogens (tertiary/aromatic N) is 5. The Labute approximate surface area is 161 Å².